The van der Waals surface area contributed by atoms with Gasteiger partial charge in [0, 0.05) is 19.6 Å². The van der Waals surface area contributed by atoms with Crippen LogP contribution in [0.3, 0.4) is 0 Å². The molecule has 15 heavy (non-hydrogen) atoms. The third kappa shape index (κ3) is 4.96. The second kappa shape index (κ2) is 7.20. The van der Waals surface area contributed by atoms with Gasteiger partial charge in [0.2, 0.25) is 0 Å². The predicted molar refractivity (Wildman–Crippen MR) is 64.0 cm³/mol. The van der Waals surface area contributed by atoms with Crippen LogP contribution < -0.4 is 5.32 Å². The minimum Gasteiger partial charge on any atom is -0.390 e. The number of likely N-dealkylation sites (N-methyl/N-ethyl adjacent to an activating group) is 1. The molecule has 0 aromatic heterocycles. The molecule has 0 aromatic carbocycles. The molecule has 2 N–H and O–H groups in total. The molecule has 2 atom stereocenters. The van der Waals surface area contributed by atoms with E-state index in [9.17, 15) is 5.11 Å². The Morgan fingerprint density at radius 2 is 2.27 bits per heavy atom. The van der Waals surface area contributed by atoms with Crippen molar-refractivity contribution in [2.45, 2.75) is 39.2 Å². The molecule has 0 aliphatic carbocycles. The summed E-state index contributed by atoms with van der Waals surface area (Å²) in [4.78, 5) is 2.42. The highest BCUT2D eigenvalue weighted by Crippen LogP contribution is 2.18. The first-order valence-electron chi connectivity index (χ1n) is 6.37. The van der Waals surface area contributed by atoms with Gasteiger partial charge in [0.05, 0.1) is 6.10 Å². The average molecular weight is 214 g/mol. The lowest BCUT2D eigenvalue weighted by atomic mass is 9.95. The lowest BCUT2D eigenvalue weighted by Crippen LogP contribution is -2.43. The van der Waals surface area contributed by atoms with Crippen molar-refractivity contribution in [2.75, 3.05) is 32.7 Å². The normalized spacial score (nSPS) is 25.4. The molecule has 1 heterocycles. The summed E-state index contributed by atoms with van der Waals surface area (Å²) in [6.07, 6.45) is 3.74. The zero-order chi connectivity index (χ0) is 11.1. The average Bonchev–Trinajstić information content (AvgIpc) is 2.26. The van der Waals surface area contributed by atoms with Crippen LogP contribution in [0, 0.1) is 5.92 Å². The Balaban J connectivity index is 2.19. The topological polar surface area (TPSA) is 35.5 Å². The summed E-state index contributed by atoms with van der Waals surface area (Å²) in [5.41, 5.74) is 0. The van der Waals surface area contributed by atoms with Crippen LogP contribution in [0.15, 0.2) is 0 Å². The van der Waals surface area contributed by atoms with E-state index in [1.165, 1.54) is 32.4 Å². The standard InChI is InChI=1S/C12H26N2O/c1-3-11-6-5-7-14(9-11)10-12(15)8-13-4-2/h11-13,15H,3-10H2,1-2H3. The van der Waals surface area contributed by atoms with Gasteiger partial charge in [-0.15, -0.1) is 0 Å². The number of hydrogen-bond donors (Lipinski definition) is 2. The Morgan fingerprint density at radius 3 is 2.93 bits per heavy atom. The summed E-state index contributed by atoms with van der Waals surface area (Å²) in [6.45, 7) is 9.19. The number of hydrogen-bond acceptors (Lipinski definition) is 3. The van der Waals surface area contributed by atoms with E-state index in [2.05, 4.69) is 24.1 Å². The zero-order valence-electron chi connectivity index (χ0n) is 10.2. The molecule has 1 rings (SSSR count). The van der Waals surface area contributed by atoms with E-state index in [1.807, 2.05) is 0 Å². The van der Waals surface area contributed by atoms with Gasteiger partial charge in [0.1, 0.15) is 0 Å². The molecule has 0 saturated carbocycles. The first-order valence-corrected chi connectivity index (χ1v) is 6.37. The van der Waals surface area contributed by atoms with Crippen LogP contribution in [0.2, 0.25) is 0 Å². The molecule has 2 unspecified atom stereocenters. The maximum atomic E-state index is 9.79. The molecular formula is C12H26N2O. The van der Waals surface area contributed by atoms with Gasteiger partial charge in [-0.2, -0.15) is 0 Å². The van der Waals surface area contributed by atoms with E-state index in [-0.39, 0.29) is 6.10 Å². The van der Waals surface area contributed by atoms with Gasteiger partial charge < -0.3 is 15.3 Å². The van der Waals surface area contributed by atoms with Gasteiger partial charge in [-0.1, -0.05) is 20.3 Å². The molecule has 1 aliphatic rings. The fourth-order valence-electron chi connectivity index (χ4n) is 2.32. The lowest BCUT2D eigenvalue weighted by Gasteiger charge is -2.33. The highest BCUT2D eigenvalue weighted by atomic mass is 16.3. The highest BCUT2D eigenvalue weighted by Gasteiger charge is 2.20. The number of piperidine rings is 1. The Kier molecular flexibility index (Phi) is 6.22. The summed E-state index contributed by atoms with van der Waals surface area (Å²) in [7, 11) is 0. The largest absolute Gasteiger partial charge is 0.390 e. The third-order valence-electron chi connectivity index (χ3n) is 3.28. The van der Waals surface area contributed by atoms with Gasteiger partial charge >= 0.3 is 0 Å². The Hall–Kier alpha value is -0.120. The molecule has 0 amide bonds. The van der Waals surface area contributed by atoms with Crippen LogP contribution in [-0.2, 0) is 0 Å². The second-order valence-corrected chi connectivity index (χ2v) is 4.64. The van der Waals surface area contributed by atoms with Gasteiger partial charge in [0.15, 0.2) is 0 Å². The highest BCUT2D eigenvalue weighted by molar-refractivity contribution is 4.74. The van der Waals surface area contributed by atoms with E-state index in [1.54, 1.807) is 0 Å². The molecule has 0 bridgehead atoms. The lowest BCUT2D eigenvalue weighted by molar-refractivity contribution is 0.0835. The number of nitrogens with zero attached hydrogens (tertiary/aromatic N) is 1. The van der Waals surface area contributed by atoms with Crippen molar-refractivity contribution < 1.29 is 5.11 Å². The van der Waals surface area contributed by atoms with E-state index in [0.717, 1.165) is 25.6 Å². The third-order valence-corrected chi connectivity index (χ3v) is 3.28. The maximum Gasteiger partial charge on any atom is 0.0791 e. The minimum absolute atomic E-state index is 0.208. The molecule has 0 radical (unpaired) electrons. The molecule has 3 nitrogen and oxygen atoms in total. The Bertz CT molecular complexity index is 164. The van der Waals surface area contributed by atoms with Crippen molar-refractivity contribution in [1.29, 1.82) is 0 Å². The van der Waals surface area contributed by atoms with Crippen LogP contribution in [0.4, 0.5) is 0 Å². The van der Waals surface area contributed by atoms with Gasteiger partial charge in [-0.05, 0) is 31.8 Å². The summed E-state index contributed by atoms with van der Waals surface area (Å²) < 4.78 is 0. The Labute approximate surface area is 93.9 Å². The smallest absolute Gasteiger partial charge is 0.0791 e. The summed E-state index contributed by atoms with van der Waals surface area (Å²) in [5, 5.41) is 13.0. The molecule has 1 fully saturated rings. The fourth-order valence-corrected chi connectivity index (χ4v) is 2.32. The van der Waals surface area contributed by atoms with Crippen molar-refractivity contribution in [2.24, 2.45) is 5.92 Å². The molecule has 0 spiro atoms. The van der Waals surface area contributed by atoms with Crippen LogP contribution in [0.25, 0.3) is 0 Å². The summed E-state index contributed by atoms with van der Waals surface area (Å²) in [5.74, 6) is 0.852. The first kappa shape index (κ1) is 12.9. The summed E-state index contributed by atoms with van der Waals surface area (Å²) in [6, 6.07) is 0. The van der Waals surface area contributed by atoms with Crippen LogP contribution >= 0.6 is 0 Å². The first-order chi connectivity index (χ1) is 7.26. The van der Waals surface area contributed by atoms with E-state index in [4.69, 9.17) is 0 Å². The maximum absolute atomic E-state index is 9.79. The van der Waals surface area contributed by atoms with Crippen molar-refractivity contribution in [3.8, 4) is 0 Å². The van der Waals surface area contributed by atoms with E-state index in [0.29, 0.717) is 0 Å². The zero-order valence-corrected chi connectivity index (χ0v) is 10.2. The monoisotopic (exact) mass is 214 g/mol. The number of likely N-dealkylation sites (tertiary alicyclic amines) is 1. The molecule has 1 saturated heterocycles. The van der Waals surface area contributed by atoms with Gasteiger partial charge in [0.25, 0.3) is 0 Å². The predicted octanol–water partition coefficient (Wildman–Crippen LogP) is 1.08. The van der Waals surface area contributed by atoms with E-state index < -0.39 is 0 Å². The number of aliphatic hydroxyl groups excluding tert-OH is 1. The van der Waals surface area contributed by atoms with Crippen molar-refractivity contribution in [3.63, 3.8) is 0 Å². The molecular weight excluding hydrogens is 188 g/mol. The molecule has 0 aromatic rings. The van der Waals surface area contributed by atoms with Crippen LogP contribution in [-0.4, -0.2) is 48.8 Å². The second-order valence-electron chi connectivity index (χ2n) is 4.64. The van der Waals surface area contributed by atoms with Crippen LogP contribution in [0.1, 0.15) is 33.1 Å². The molecule has 1 aliphatic heterocycles. The quantitative estimate of drug-likeness (QED) is 0.694. The number of rotatable bonds is 6. The van der Waals surface area contributed by atoms with Crippen LogP contribution in [0.5, 0.6) is 0 Å². The van der Waals surface area contributed by atoms with E-state index >= 15 is 0 Å². The van der Waals surface area contributed by atoms with Gasteiger partial charge in [-0.3, -0.25) is 0 Å². The number of nitrogens with one attached hydrogen (secondary N) is 1. The minimum atomic E-state index is -0.208. The summed E-state index contributed by atoms with van der Waals surface area (Å²) >= 11 is 0. The van der Waals surface area contributed by atoms with Crippen molar-refractivity contribution in [1.82, 2.24) is 10.2 Å². The van der Waals surface area contributed by atoms with Crippen molar-refractivity contribution >= 4 is 0 Å². The van der Waals surface area contributed by atoms with Crippen molar-refractivity contribution in [3.05, 3.63) is 0 Å². The molecule has 3 heteroatoms. The SMILES string of the molecule is CCNCC(O)CN1CCCC(CC)C1. The number of aliphatic hydroxyl groups is 1. The molecule has 90 valence electrons. The number of β-amino-alcohol motifs (C(OH)–C–C–N with tert-alkyl or cyclic N) is 1. The fraction of sp³-hybridized carbons (Fsp3) is 1.00. The Morgan fingerprint density at radius 1 is 1.47 bits per heavy atom. The van der Waals surface area contributed by atoms with Gasteiger partial charge in [-0.25, -0.2) is 0 Å².